The Morgan fingerprint density at radius 2 is 1.71 bits per heavy atom. The molecule has 0 radical (unpaired) electrons. The zero-order valence-corrected chi connectivity index (χ0v) is 14.4. The van der Waals surface area contributed by atoms with Gasteiger partial charge in [0.15, 0.2) is 0 Å². The van der Waals surface area contributed by atoms with Crippen molar-refractivity contribution in [3.63, 3.8) is 0 Å². The summed E-state index contributed by atoms with van der Waals surface area (Å²) in [5.41, 5.74) is 1.70. The van der Waals surface area contributed by atoms with Gasteiger partial charge in [-0.3, -0.25) is 0 Å². The zero-order chi connectivity index (χ0) is 15.3. The molecule has 1 saturated carbocycles. The van der Waals surface area contributed by atoms with Crippen LogP contribution in [-0.2, 0) is 5.41 Å². The summed E-state index contributed by atoms with van der Waals surface area (Å²) in [6.45, 7) is 9.43. The first-order valence-corrected chi connectivity index (χ1v) is 8.83. The molecule has 0 spiro atoms. The Morgan fingerprint density at radius 1 is 1.10 bits per heavy atom. The van der Waals surface area contributed by atoms with Crippen molar-refractivity contribution in [2.75, 3.05) is 0 Å². The monoisotopic (exact) mass is 287 g/mol. The van der Waals surface area contributed by atoms with Gasteiger partial charge in [0, 0.05) is 12.1 Å². The maximum Gasteiger partial charge on any atom is 0.00697 e. The van der Waals surface area contributed by atoms with Gasteiger partial charge in [-0.15, -0.1) is 0 Å². The van der Waals surface area contributed by atoms with E-state index in [2.05, 4.69) is 63.3 Å². The minimum atomic E-state index is 0.244. The Bertz CT molecular complexity index is 401. The fourth-order valence-electron chi connectivity index (χ4n) is 3.97. The third-order valence-electron chi connectivity index (χ3n) is 5.32. The highest BCUT2D eigenvalue weighted by Crippen LogP contribution is 2.30. The van der Waals surface area contributed by atoms with Crippen molar-refractivity contribution in [1.29, 1.82) is 0 Å². The van der Waals surface area contributed by atoms with Crippen LogP contribution in [0.2, 0.25) is 0 Å². The fourth-order valence-corrected chi connectivity index (χ4v) is 3.97. The summed E-state index contributed by atoms with van der Waals surface area (Å²) in [5, 5.41) is 3.89. The van der Waals surface area contributed by atoms with Crippen molar-refractivity contribution in [3.8, 4) is 0 Å². The first-order chi connectivity index (χ1) is 10.0. The smallest absolute Gasteiger partial charge is 0.00697 e. The van der Waals surface area contributed by atoms with Gasteiger partial charge in [0.25, 0.3) is 0 Å². The van der Waals surface area contributed by atoms with Crippen LogP contribution in [0.25, 0.3) is 0 Å². The molecule has 1 fully saturated rings. The number of hydrogen-bond donors (Lipinski definition) is 1. The van der Waals surface area contributed by atoms with Gasteiger partial charge in [-0.05, 0) is 55.9 Å². The summed E-state index contributed by atoms with van der Waals surface area (Å²) in [6.07, 6.45) is 8.14. The minimum Gasteiger partial charge on any atom is -0.311 e. The number of nitrogens with one attached hydrogen (secondary N) is 1. The SMILES string of the molecule is CCC1CCC(NC(C)CC(C)(C)c2ccccc2)CC1. The van der Waals surface area contributed by atoms with Gasteiger partial charge < -0.3 is 5.32 Å². The van der Waals surface area contributed by atoms with Crippen molar-refractivity contribution in [1.82, 2.24) is 5.32 Å². The summed E-state index contributed by atoms with van der Waals surface area (Å²) >= 11 is 0. The van der Waals surface area contributed by atoms with Crippen molar-refractivity contribution in [2.24, 2.45) is 5.92 Å². The third-order valence-corrected chi connectivity index (χ3v) is 5.32. The molecule has 1 aliphatic rings. The fraction of sp³-hybridized carbons (Fsp3) is 0.700. The molecular formula is C20H33N. The summed E-state index contributed by atoms with van der Waals surface area (Å²) < 4.78 is 0. The molecular weight excluding hydrogens is 254 g/mol. The van der Waals surface area contributed by atoms with E-state index in [1.807, 2.05) is 0 Å². The lowest BCUT2D eigenvalue weighted by atomic mass is 9.78. The van der Waals surface area contributed by atoms with Crippen LogP contribution in [0.15, 0.2) is 30.3 Å². The molecule has 0 amide bonds. The Kier molecular flexibility index (Phi) is 5.87. The second kappa shape index (κ2) is 7.45. The Morgan fingerprint density at radius 3 is 2.29 bits per heavy atom. The van der Waals surface area contributed by atoms with Crippen LogP contribution < -0.4 is 5.32 Å². The largest absolute Gasteiger partial charge is 0.311 e. The molecule has 1 N–H and O–H groups in total. The van der Waals surface area contributed by atoms with E-state index < -0.39 is 0 Å². The number of benzene rings is 1. The van der Waals surface area contributed by atoms with Crippen molar-refractivity contribution < 1.29 is 0 Å². The van der Waals surface area contributed by atoms with Crippen molar-refractivity contribution in [2.45, 2.75) is 83.7 Å². The topological polar surface area (TPSA) is 12.0 Å². The van der Waals surface area contributed by atoms with E-state index in [0.29, 0.717) is 6.04 Å². The van der Waals surface area contributed by atoms with Crippen LogP contribution in [0.4, 0.5) is 0 Å². The molecule has 1 unspecified atom stereocenters. The van der Waals surface area contributed by atoms with Crippen LogP contribution in [0.1, 0.15) is 71.8 Å². The predicted molar refractivity (Wildman–Crippen MR) is 92.7 cm³/mol. The summed E-state index contributed by atoms with van der Waals surface area (Å²) in [7, 11) is 0. The van der Waals surface area contributed by atoms with Crippen molar-refractivity contribution in [3.05, 3.63) is 35.9 Å². The molecule has 1 aromatic rings. The van der Waals surface area contributed by atoms with Crippen molar-refractivity contribution >= 4 is 0 Å². The molecule has 0 bridgehead atoms. The average molecular weight is 287 g/mol. The Balaban J connectivity index is 1.83. The van der Waals surface area contributed by atoms with E-state index in [4.69, 9.17) is 0 Å². The van der Waals surface area contributed by atoms with Gasteiger partial charge in [0.2, 0.25) is 0 Å². The molecule has 0 aromatic heterocycles. The van der Waals surface area contributed by atoms with Gasteiger partial charge in [0.1, 0.15) is 0 Å². The van der Waals surface area contributed by atoms with Crippen LogP contribution in [0.3, 0.4) is 0 Å². The van der Waals surface area contributed by atoms with E-state index >= 15 is 0 Å². The standard InChI is InChI=1S/C20H33N/c1-5-17-11-13-19(14-12-17)21-16(2)15-20(3,4)18-9-7-6-8-10-18/h6-10,16-17,19,21H,5,11-15H2,1-4H3. The molecule has 1 heteroatoms. The van der Waals surface area contributed by atoms with Gasteiger partial charge >= 0.3 is 0 Å². The molecule has 1 atom stereocenters. The zero-order valence-electron chi connectivity index (χ0n) is 14.4. The Labute approximate surface area is 131 Å². The number of rotatable bonds is 6. The Hall–Kier alpha value is -0.820. The van der Waals surface area contributed by atoms with E-state index in [1.54, 1.807) is 0 Å². The maximum atomic E-state index is 3.89. The third kappa shape index (κ3) is 4.85. The molecule has 118 valence electrons. The molecule has 2 rings (SSSR count). The van der Waals surface area contributed by atoms with E-state index in [0.717, 1.165) is 12.0 Å². The minimum absolute atomic E-state index is 0.244. The highest BCUT2D eigenvalue weighted by atomic mass is 14.9. The lowest BCUT2D eigenvalue weighted by molar-refractivity contribution is 0.258. The lowest BCUT2D eigenvalue weighted by Gasteiger charge is -2.34. The van der Waals surface area contributed by atoms with Crippen LogP contribution >= 0.6 is 0 Å². The van der Waals surface area contributed by atoms with Gasteiger partial charge in [-0.1, -0.05) is 57.5 Å². The average Bonchev–Trinajstić information content (AvgIpc) is 2.48. The molecule has 0 saturated heterocycles. The highest BCUT2D eigenvalue weighted by Gasteiger charge is 2.26. The normalized spacial score (nSPS) is 24.8. The second-order valence-electron chi connectivity index (χ2n) is 7.65. The quantitative estimate of drug-likeness (QED) is 0.748. The first-order valence-electron chi connectivity index (χ1n) is 8.83. The van der Waals surface area contributed by atoms with E-state index in [-0.39, 0.29) is 5.41 Å². The van der Waals surface area contributed by atoms with Crippen LogP contribution in [0.5, 0.6) is 0 Å². The van der Waals surface area contributed by atoms with Crippen LogP contribution in [-0.4, -0.2) is 12.1 Å². The highest BCUT2D eigenvalue weighted by molar-refractivity contribution is 5.23. The first kappa shape index (κ1) is 16.5. The van der Waals surface area contributed by atoms with E-state index in [9.17, 15) is 0 Å². The van der Waals surface area contributed by atoms with Gasteiger partial charge in [-0.2, -0.15) is 0 Å². The molecule has 0 aliphatic heterocycles. The van der Waals surface area contributed by atoms with E-state index in [1.165, 1.54) is 44.1 Å². The number of hydrogen-bond acceptors (Lipinski definition) is 1. The maximum absolute atomic E-state index is 3.89. The van der Waals surface area contributed by atoms with Crippen LogP contribution in [0, 0.1) is 5.92 Å². The summed E-state index contributed by atoms with van der Waals surface area (Å²) in [5.74, 6) is 0.985. The molecule has 1 aromatic carbocycles. The molecule has 21 heavy (non-hydrogen) atoms. The second-order valence-corrected chi connectivity index (χ2v) is 7.65. The summed E-state index contributed by atoms with van der Waals surface area (Å²) in [6, 6.07) is 12.3. The van der Waals surface area contributed by atoms with Gasteiger partial charge in [-0.25, -0.2) is 0 Å². The molecule has 1 nitrogen and oxygen atoms in total. The van der Waals surface area contributed by atoms with Gasteiger partial charge in [0.05, 0.1) is 0 Å². The molecule has 1 aliphatic carbocycles. The predicted octanol–water partition coefficient (Wildman–Crippen LogP) is 5.30. The molecule has 0 heterocycles. The lowest BCUT2D eigenvalue weighted by Crippen LogP contribution is -2.41. The summed E-state index contributed by atoms with van der Waals surface area (Å²) in [4.78, 5) is 0.